The second-order valence-electron chi connectivity index (χ2n) is 10.1. The molecule has 2 fully saturated rings. The molecule has 218 valence electrons. The van der Waals surface area contributed by atoms with Crippen LogP contribution >= 0.6 is 0 Å². The van der Waals surface area contributed by atoms with Crippen molar-refractivity contribution in [3.05, 3.63) is 61.2 Å². The Morgan fingerprint density at radius 3 is 1.33 bits per heavy atom. The monoisotopic (exact) mass is 612 g/mol. The molecule has 0 spiro atoms. The van der Waals surface area contributed by atoms with Gasteiger partial charge in [-0.15, -0.1) is 0 Å². The molecule has 16 heteroatoms. The minimum atomic E-state index is -4.26. The van der Waals surface area contributed by atoms with Gasteiger partial charge < -0.3 is 0 Å². The van der Waals surface area contributed by atoms with Crippen LogP contribution in [0.25, 0.3) is 16.7 Å². The number of benzene rings is 2. The number of piperidine rings is 2. The number of sulfonamides is 2. The van der Waals surface area contributed by atoms with Gasteiger partial charge in [0.05, 0.1) is 30.8 Å². The average Bonchev–Trinajstić information content (AvgIpc) is 3.31. The summed E-state index contributed by atoms with van der Waals surface area (Å²) in [6.07, 6.45) is 4.01. The first-order valence-corrected chi connectivity index (χ1v) is 16.0. The van der Waals surface area contributed by atoms with Crippen molar-refractivity contribution in [3.8, 4) is 23.3 Å². The number of hydrogen-bond acceptors (Lipinski definition) is 10. The fourth-order valence-electron chi connectivity index (χ4n) is 5.77. The first-order valence-electron chi connectivity index (χ1n) is 13.1. The largest absolute Gasteiger partial charge is 0.279 e. The van der Waals surface area contributed by atoms with Gasteiger partial charge >= 0.3 is 0 Å². The van der Waals surface area contributed by atoms with Gasteiger partial charge in [-0.25, -0.2) is 16.8 Å². The van der Waals surface area contributed by atoms with E-state index in [0.717, 1.165) is 37.1 Å². The number of fused-ring (bicyclic) bond motifs is 3. The Labute approximate surface area is 241 Å². The van der Waals surface area contributed by atoms with Gasteiger partial charge in [0.15, 0.2) is 0 Å². The third kappa shape index (κ3) is 4.72. The topological polar surface area (TPSA) is 209 Å². The third-order valence-electron chi connectivity index (χ3n) is 7.74. The van der Waals surface area contributed by atoms with Crippen molar-refractivity contribution in [2.75, 3.05) is 26.2 Å². The van der Waals surface area contributed by atoms with Crippen LogP contribution < -0.4 is 0 Å². The number of nitriles is 2. The van der Waals surface area contributed by atoms with E-state index in [2.05, 4.69) is 0 Å². The lowest BCUT2D eigenvalue weighted by Crippen LogP contribution is -2.35. The third-order valence-corrected chi connectivity index (χ3v) is 11.5. The highest BCUT2D eigenvalue weighted by molar-refractivity contribution is 7.89. The molecular weight excluding hydrogens is 588 g/mol. The minimum absolute atomic E-state index is 0.195. The summed E-state index contributed by atoms with van der Waals surface area (Å²) in [5.41, 5.74) is -3.71. The van der Waals surface area contributed by atoms with Crippen molar-refractivity contribution in [2.45, 2.75) is 48.3 Å². The van der Waals surface area contributed by atoms with Crippen molar-refractivity contribution < 1.29 is 26.7 Å². The molecule has 0 radical (unpaired) electrons. The molecule has 5 rings (SSSR count). The summed E-state index contributed by atoms with van der Waals surface area (Å²) in [5, 5.41) is 44.3. The Bertz CT molecular complexity index is 1730. The van der Waals surface area contributed by atoms with Crippen molar-refractivity contribution in [3.63, 3.8) is 0 Å². The van der Waals surface area contributed by atoms with Crippen molar-refractivity contribution >= 4 is 37.0 Å². The number of nitrogens with zero attached hydrogens (tertiary/aromatic N) is 6. The van der Waals surface area contributed by atoms with Gasteiger partial charge in [-0.1, -0.05) is 12.8 Å². The maximum absolute atomic E-state index is 13.6. The molecule has 2 aliphatic heterocycles. The number of nitro benzene ring substituents is 2. The van der Waals surface area contributed by atoms with E-state index in [-0.39, 0.29) is 54.0 Å². The molecule has 2 heterocycles. The van der Waals surface area contributed by atoms with Crippen LogP contribution in [0.1, 0.15) is 49.7 Å². The van der Waals surface area contributed by atoms with Crippen molar-refractivity contribution in [2.24, 2.45) is 0 Å². The van der Waals surface area contributed by atoms with E-state index in [1.54, 1.807) is 12.1 Å². The Kier molecular flexibility index (Phi) is 7.59. The smallest absolute Gasteiger partial charge is 0.258 e. The summed E-state index contributed by atoms with van der Waals surface area (Å²) in [6, 6.07) is 7.12. The number of hydrogen-bond donors (Lipinski definition) is 0. The molecular formula is C26H24N6O8S2. The molecule has 14 nitrogen and oxygen atoms in total. The summed E-state index contributed by atoms with van der Waals surface area (Å²) in [7, 11) is -8.52. The summed E-state index contributed by atoms with van der Waals surface area (Å²) in [4.78, 5) is 21.9. The average molecular weight is 613 g/mol. The molecule has 0 atom stereocenters. The van der Waals surface area contributed by atoms with Gasteiger partial charge in [-0.2, -0.15) is 19.1 Å². The minimum Gasteiger partial charge on any atom is -0.258 e. The summed E-state index contributed by atoms with van der Waals surface area (Å²) >= 11 is 0. The Morgan fingerprint density at radius 1 is 0.667 bits per heavy atom. The molecule has 0 bridgehead atoms. The second-order valence-corrected chi connectivity index (χ2v) is 14.0. The van der Waals surface area contributed by atoms with Crippen LogP contribution in [0.5, 0.6) is 0 Å². The van der Waals surface area contributed by atoms with Crippen LogP contribution in [0.15, 0.2) is 39.6 Å². The number of rotatable bonds is 6. The van der Waals surface area contributed by atoms with E-state index >= 15 is 0 Å². The summed E-state index contributed by atoms with van der Waals surface area (Å²) in [5.74, 6) is 0. The highest BCUT2D eigenvalue weighted by Gasteiger charge is 2.42. The first kappa shape index (κ1) is 29.3. The summed E-state index contributed by atoms with van der Waals surface area (Å²) < 4.78 is 56.6. The van der Waals surface area contributed by atoms with E-state index in [1.165, 1.54) is 8.61 Å². The zero-order chi connectivity index (χ0) is 30.4. The lowest BCUT2D eigenvalue weighted by Gasteiger charge is -2.26. The highest BCUT2D eigenvalue weighted by atomic mass is 32.2. The van der Waals surface area contributed by atoms with E-state index in [4.69, 9.17) is 0 Å². The maximum atomic E-state index is 13.6. The Morgan fingerprint density at radius 2 is 1.02 bits per heavy atom. The van der Waals surface area contributed by atoms with Gasteiger partial charge in [0, 0.05) is 55.0 Å². The molecule has 0 unspecified atom stereocenters. The molecule has 0 N–H and O–H groups in total. The first-order chi connectivity index (χ1) is 19.9. The van der Waals surface area contributed by atoms with E-state index in [1.807, 2.05) is 0 Å². The van der Waals surface area contributed by atoms with E-state index in [0.29, 0.717) is 25.7 Å². The summed E-state index contributed by atoms with van der Waals surface area (Å²) in [6.45, 7) is 0.782. The quantitative estimate of drug-likeness (QED) is 0.224. The molecule has 0 saturated carbocycles. The molecule has 0 amide bonds. The Balaban J connectivity index is 1.85. The van der Waals surface area contributed by atoms with Gasteiger partial charge in [-0.3, -0.25) is 20.2 Å². The molecule has 0 aromatic heterocycles. The van der Waals surface area contributed by atoms with Crippen LogP contribution in [0.2, 0.25) is 0 Å². The number of nitro groups is 2. The van der Waals surface area contributed by atoms with Crippen molar-refractivity contribution in [1.82, 2.24) is 8.61 Å². The van der Waals surface area contributed by atoms with Gasteiger partial charge in [-0.05, 0) is 37.8 Å². The van der Waals surface area contributed by atoms with Crippen LogP contribution in [-0.2, 0) is 20.0 Å². The molecule has 3 aliphatic rings. The molecule has 42 heavy (non-hydrogen) atoms. The predicted molar refractivity (Wildman–Crippen MR) is 148 cm³/mol. The van der Waals surface area contributed by atoms with E-state index in [9.17, 15) is 47.6 Å². The lowest BCUT2D eigenvalue weighted by atomic mass is 9.99. The van der Waals surface area contributed by atoms with Crippen LogP contribution in [0, 0.1) is 42.9 Å². The molecule has 2 saturated heterocycles. The standard InChI is InChI=1S/C26H24N6O8S2/c27-15-17(16-28)24-20-11-18(41(37,38)29-7-3-1-4-8-29)13-22(31(33)34)25(20)26-21(24)12-19(14-23(26)32(35)36)42(39,40)30-9-5-2-6-10-30/h11-14H,1-10H2. The maximum Gasteiger partial charge on any atom is 0.279 e. The van der Waals surface area contributed by atoms with Crippen LogP contribution in [0.3, 0.4) is 0 Å². The van der Waals surface area contributed by atoms with Gasteiger partial charge in [0.2, 0.25) is 20.0 Å². The van der Waals surface area contributed by atoms with Gasteiger partial charge in [0.1, 0.15) is 17.7 Å². The number of allylic oxidation sites excluding steroid dienone is 1. The van der Waals surface area contributed by atoms with Crippen molar-refractivity contribution in [1.29, 1.82) is 10.5 Å². The normalized spacial score (nSPS) is 17.5. The van der Waals surface area contributed by atoms with Gasteiger partial charge in [0.25, 0.3) is 11.4 Å². The highest BCUT2D eigenvalue weighted by Crippen LogP contribution is 2.54. The molecule has 2 aromatic rings. The fraction of sp³-hybridized carbons (Fsp3) is 0.385. The predicted octanol–water partition coefficient (Wildman–Crippen LogP) is 3.68. The van der Waals surface area contributed by atoms with Crippen LogP contribution in [0.4, 0.5) is 11.4 Å². The van der Waals surface area contributed by atoms with Crippen LogP contribution in [-0.4, -0.2) is 61.5 Å². The zero-order valence-electron chi connectivity index (χ0n) is 22.1. The molecule has 1 aliphatic carbocycles. The Hall–Kier alpha value is -4.22. The second kappa shape index (κ2) is 10.9. The lowest BCUT2D eigenvalue weighted by molar-refractivity contribution is -0.386. The fourth-order valence-corrected chi connectivity index (χ4v) is 8.90. The zero-order valence-corrected chi connectivity index (χ0v) is 23.8. The molecule has 2 aromatic carbocycles. The SMILES string of the molecule is N#CC(C#N)=C1c2cc(S(=O)(=O)N3CCCCC3)cc([N+](=O)[O-])c2-c2c1cc(S(=O)(=O)N1CCCCC1)cc2[N+](=O)[O-]. The van der Waals surface area contributed by atoms with E-state index < -0.39 is 56.6 Å².